The molecule has 1 amide bonds. The highest BCUT2D eigenvalue weighted by Crippen LogP contribution is 2.31. The Morgan fingerprint density at radius 1 is 1.19 bits per heavy atom. The van der Waals surface area contributed by atoms with Gasteiger partial charge in [-0.05, 0) is 50.1 Å². The van der Waals surface area contributed by atoms with Crippen LogP contribution < -0.4 is 4.90 Å². The van der Waals surface area contributed by atoms with Crippen LogP contribution in [-0.4, -0.2) is 42.0 Å². The molecule has 32 heavy (non-hydrogen) atoms. The fourth-order valence-corrected chi connectivity index (χ4v) is 4.16. The molecule has 1 aromatic carbocycles. The first-order valence-corrected chi connectivity index (χ1v) is 10.5. The number of rotatable bonds is 4. The Kier molecular flexibility index (Phi) is 5.18. The Bertz CT molecular complexity index is 1280. The molecular weight excluding hydrogens is 433 g/mol. The molecule has 3 aromatic heterocycles. The van der Waals surface area contributed by atoms with Gasteiger partial charge in [0.05, 0.1) is 34.0 Å². The van der Waals surface area contributed by atoms with E-state index in [9.17, 15) is 9.18 Å². The second kappa shape index (κ2) is 8.16. The molecule has 0 atom stereocenters. The van der Waals surface area contributed by atoms with Crippen LogP contribution in [-0.2, 0) is 17.8 Å². The van der Waals surface area contributed by atoms with Gasteiger partial charge in [-0.1, -0.05) is 11.6 Å². The van der Waals surface area contributed by atoms with E-state index in [1.165, 1.54) is 12.1 Å². The lowest BCUT2D eigenvalue weighted by Crippen LogP contribution is -2.38. The number of aryl methyl sites for hydroxylation is 1. The van der Waals surface area contributed by atoms with Gasteiger partial charge in [-0.2, -0.15) is 10.2 Å². The van der Waals surface area contributed by atoms with Crippen molar-refractivity contribution in [1.29, 1.82) is 0 Å². The highest BCUT2D eigenvalue weighted by molar-refractivity contribution is 6.33. The molecule has 0 radical (unpaired) electrons. The van der Waals surface area contributed by atoms with Crippen molar-refractivity contribution in [2.24, 2.45) is 0 Å². The van der Waals surface area contributed by atoms with Crippen molar-refractivity contribution in [1.82, 2.24) is 29.5 Å². The summed E-state index contributed by atoms with van der Waals surface area (Å²) < 4.78 is 16.6. The van der Waals surface area contributed by atoms with Gasteiger partial charge in [-0.3, -0.25) is 9.48 Å². The van der Waals surface area contributed by atoms with Gasteiger partial charge in [-0.25, -0.2) is 19.0 Å². The third-order valence-corrected chi connectivity index (χ3v) is 5.87. The fourth-order valence-electron chi connectivity index (χ4n) is 3.94. The van der Waals surface area contributed by atoms with E-state index in [0.29, 0.717) is 28.8 Å². The first-order valence-electron chi connectivity index (χ1n) is 10.2. The molecule has 0 aliphatic carbocycles. The van der Waals surface area contributed by atoms with E-state index in [4.69, 9.17) is 11.6 Å². The molecule has 5 rings (SSSR count). The topological polar surface area (TPSA) is 81.7 Å². The quantitative estimate of drug-likeness (QED) is 0.473. The molecule has 4 heterocycles. The number of halogens is 2. The van der Waals surface area contributed by atoms with Crippen molar-refractivity contribution in [3.8, 4) is 17.2 Å². The number of amides is 1. The summed E-state index contributed by atoms with van der Waals surface area (Å²) in [4.78, 5) is 23.6. The first-order chi connectivity index (χ1) is 15.5. The third kappa shape index (κ3) is 3.54. The second-order valence-electron chi connectivity index (χ2n) is 7.49. The Morgan fingerprint density at radius 3 is 2.69 bits per heavy atom. The van der Waals surface area contributed by atoms with Crippen molar-refractivity contribution in [3.05, 3.63) is 71.2 Å². The minimum atomic E-state index is -0.307. The van der Waals surface area contributed by atoms with Crippen molar-refractivity contribution in [2.45, 2.75) is 26.3 Å². The zero-order valence-corrected chi connectivity index (χ0v) is 18.0. The van der Waals surface area contributed by atoms with Gasteiger partial charge >= 0.3 is 0 Å². The van der Waals surface area contributed by atoms with Crippen molar-refractivity contribution >= 4 is 23.2 Å². The Balaban J connectivity index is 1.46. The lowest BCUT2D eigenvalue weighted by Gasteiger charge is -2.27. The number of fused-ring (bicyclic) bond motifs is 1. The highest BCUT2D eigenvalue weighted by Gasteiger charge is 2.28. The van der Waals surface area contributed by atoms with Crippen LogP contribution >= 0.6 is 11.6 Å². The number of carbonyl (C=O) groups excluding carboxylic acids is 1. The SMILES string of the molecule is Cc1nn(CC(=O)N2CCCc3c2cnn3-c2ccc(F)cc2)c(-c2ncccn2)c1Cl. The van der Waals surface area contributed by atoms with Crippen LogP contribution in [0.15, 0.2) is 48.9 Å². The summed E-state index contributed by atoms with van der Waals surface area (Å²) in [5.74, 6) is -0.0340. The maximum absolute atomic E-state index is 13.3. The number of aromatic nitrogens is 6. The Labute approximate surface area is 188 Å². The van der Waals surface area contributed by atoms with E-state index >= 15 is 0 Å². The molecule has 0 fully saturated rings. The average molecular weight is 452 g/mol. The normalized spacial score (nSPS) is 13.3. The van der Waals surface area contributed by atoms with Crippen molar-refractivity contribution in [3.63, 3.8) is 0 Å². The van der Waals surface area contributed by atoms with Crippen LogP contribution in [0.2, 0.25) is 5.02 Å². The van der Waals surface area contributed by atoms with Crippen LogP contribution in [0.4, 0.5) is 10.1 Å². The first kappa shape index (κ1) is 20.3. The monoisotopic (exact) mass is 451 g/mol. The summed E-state index contributed by atoms with van der Waals surface area (Å²) in [6.07, 6.45) is 6.48. The molecule has 0 unspecified atom stereocenters. The molecule has 10 heteroatoms. The molecule has 8 nitrogen and oxygen atoms in total. The van der Waals surface area contributed by atoms with Gasteiger partial charge in [-0.15, -0.1) is 0 Å². The van der Waals surface area contributed by atoms with E-state index in [1.54, 1.807) is 58.0 Å². The van der Waals surface area contributed by atoms with Gasteiger partial charge < -0.3 is 4.90 Å². The fraction of sp³-hybridized carbons (Fsp3) is 0.227. The summed E-state index contributed by atoms with van der Waals surface area (Å²) in [7, 11) is 0. The summed E-state index contributed by atoms with van der Waals surface area (Å²) in [5, 5.41) is 9.32. The molecule has 1 aliphatic rings. The van der Waals surface area contributed by atoms with Gasteiger partial charge in [0.1, 0.15) is 18.1 Å². The summed E-state index contributed by atoms with van der Waals surface area (Å²) in [6, 6.07) is 7.84. The van der Waals surface area contributed by atoms with E-state index in [1.807, 2.05) is 0 Å². The molecule has 1 aliphatic heterocycles. The summed E-state index contributed by atoms with van der Waals surface area (Å²) >= 11 is 6.45. The largest absolute Gasteiger partial charge is 0.308 e. The zero-order chi connectivity index (χ0) is 22.2. The number of benzene rings is 1. The van der Waals surface area contributed by atoms with Crippen LogP contribution in [0.5, 0.6) is 0 Å². The predicted molar refractivity (Wildman–Crippen MR) is 117 cm³/mol. The van der Waals surface area contributed by atoms with Gasteiger partial charge in [0.25, 0.3) is 0 Å². The molecule has 0 bridgehead atoms. The summed E-state index contributed by atoms with van der Waals surface area (Å²) in [5.41, 5.74) is 3.53. The average Bonchev–Trinajstić information content (AvgIpc) is 3.35. The van der Waals surface area contributed by atoms with Gasteiger partial charge in [0.2, 0.25) is 5.91 Å². The van der Waals surface area contributed by atoms with Gasteiger partial charge in [0, 0.05) is 18.9 Å². The molecule has 0 spiro atoms. The molecule has 0 saturated carbocycles. The number of carbonyl (C=O) groups is 1. The molecule has 0 saturated heterocycles. The van der Waals surface area contributed by atoms with Crippen molar-refractivity contribution < 1.29 is 9.18 Å². The lowest BCUT2D eigenvalue weighted by atomic mass is 10.1. The van der Waals surface area contributed by atoms with E-state index < -0.39 is 0 Å². The van der Waals surface area contributed by atoms with Crippen LogP contribution in [0.25, 0.3) is 17.2 Å². The second-order valence-corrected chi connectivity index (χ2v) is 7.87. The summed E-state index contributed by atoms with van der Waals surface area (Å²) in [6.45, 7) is 2.34. The maximum Gasteiger partial charge on any atom is 0.248 e. The minimum Gasteiger partial charge on any atom is -0.308 e. The molecular formula is C22H19ClFN7O. The standard InChI is InChI=1S/C22H19ClFN7O/c1-14-20(23)21(22-25-9-3-10-26-22)30(28-14)13-19(32)29-11-2-4-17-18(29)12-27-31(17)16-7-5-15(24)6-8-16/h3,5-10,12H,2,4,11,13H2,1H3. The number of hydrogen-bond donors (Lipinski definition) is 0. The highest BCUT2D eigenvalue weighted by atomic mass is 35.5. The Morgan fingerprint density at radius 2 is 1.94 bits per heavy atom. The molecule has 162 valence electrons. The number of nitrogens with zero attached hydrogens (tertiary/aromatic N) is 7. The van der Waals surface area contributed by atoms with Crippen molar-refractivity contribution in [2.75, 3.05) is 11.4 Å². The van der Waals surface area contributed by atoms with E-state index in [0.717, 1.165) is 29.9 Å². The predicted octanol–water partition coefficient (Wildman–Crippen LogP) is 3.61. The Hall–Kier alpha value is -3.59. The number of anilines is 1. The zero-order valence-electron chi connectivity index (χ0n) is 17.2. The molecule has 0 N–H and O–H groups in total. The van der Waals surface area contributed by atoms with Crippen LogP contribution in [0.3, 0.4) is 0 Å². The van der Waals surface area contributed by atoms with Gasteiger partial charge in [0.15, 0.2) is 5.82 Å². The van der Waals surface area contributed by atoms with E-state index in [2.05, 4.69) is 20.2 Å². The smallest absolute Gasteiger partial charge is 0.248 e. The third-order valence-electron chi connectivity index (χ3n) is 5.42. The molecule has 4 aromatic rings. The number of hydrogen-bond acceptors (Lipinski definition) is 5. The van der Waals surface area contributed by atoms with Crippen LogP contribution in [0, 0.1) is 12.7 Å². The van der Waals surface area contributed by atoms with E-state index in [-0.39, 0.29) is 18.3 Å². The lowest BCUT2D eigenvalue weighted by molar-refractivity contribution is -0.119. The maximum atomic E-state index is 13.3. The van der Waals surface area contributed by atoms with Crippen LogP contribution in [0.1, 0.15) is 17.8 Å². The minimum absolute atomic E-state index is 0.0116.